The summed E-state index contributed by atoms with van der Waals surface area (Å²) in [5, 5.41) is 11.0. The Morgan fingerprint density at radius 3 is 2.82 bits per heavy atom. The van der Waals surface area contributed by atoms with Crippen molar-refractivity contribution < 1.29 is 9.21 Å². The zero-order valence-corrected chi connectivity index (χ0v) is 16.6. The first-order valence-corrected chi connectivity index (χ1v) is 9.98. The van der Waals surface area contributed by atoms with E-state index < -0.39 is 0 Å². The van der Waals surface area contributed by atoms with E-state index >= 15 is 0 Å². The van der Waals surface area contributed by atoms with Crippen molar-refractivity contribution in [2.75, 3.05) is 6.54 Å². The fourth-order valence-electron chi connectivity index (χ4n) is 3.05. The molecule has 1 aromatic carbocycles. The first-order chi connectivity index (χ1) is 13.6. The van der Waals surface area contributed by atoms with Crippen molar-refractivity contribution in [3.05, 3.63) is 53.0 Å². The highest BCUT2D eigenvalue weighted by atomic mass is 32.1. The van der Waals surface area contributed by atoms with Gasteiger partial charge in [0.2, 0.25) is 11.8 Å². The fraction of sp³-hybridized carbons (Fsp3) is 0.300. The molecule has 0 bridgehead atoms. The van der Waals surface area contributed by atoms with Crippen LogP contribution < -0.4 is 5.32 Å². The van der Waals surface area contributed by atoms with Gasteiger partial charge in [-0.3, -0.25) is 4.79 Å². The lowest BCUT2D eigenvalue weighted by Gasteiger charge is -2.05. The molecular weight excluding hydrogens is 374 g/mol. The number of nitrogens with zero attached hydrogens (tertiary/aromatic N) is 4. The molecule has 144 valence electrons. The highest BCUT2D eigenvalue weighted by Crippen LogP contribution is 2.26. The van der Waals surface area contributed by atoms with Gasteiger partial charge in [0.25, 0.3) is 5.89 Å². The Bertz CT molecular complexity index is 1110. The summed E-state index contributed by atoms with van der Waals surface area (Å²) < 4.78 is 7.71. The first-order valence-electron chi connectivity index (χ1n) is 9.16. The average Bonchev–Trinajstić information content (AvgIpc) is 3.40. The minimum Gasteiger partial charge on any atom is -0.420 e. The molecule has 4 rings (SSSR count). The summed E-state index contributed by atoms with van der Waals surface area (Å²) in [5.41, 5.74) is 2.07. The topological polar surface area (TPSA) is 85.8 Å². The Kier molecular flexibility index (Phi) is 5.21. The molecule has 0 saturated heterocycles. The Hall–Kier alpha value is -3.00. The quantitative estimate of drug-likeness (QED) is 0.519. The molecule has 4 aromatic rings. The lowest BCUT2D eigenvalue weighted by molar-refractivity contribution is -0.121. The third kappa shape index (κ3) is 3.96. The zero-order valence-electron chi connectivity index (χ0n) is 15.8. The molecule has 0 fully saturated rings. The molecule has 1 amide bonds. The highest BCUT2D eigenvalue weighted by molar-refractivity contribution is 7.15. The number of carbonyl (C=O) groups is 1. The second kappa shape index (κ2) is 7.93. The van der Waals surface area contributed by atoms with Crippen molar-refractivity contribution >= 4 is 28.3 Å². The number of benzene rings is 1. The van der Waals surface area contributed by atoms with Gasteiger partial charge < -0.3 is 14.3 Å². The van der Waals surface area contributed by atoms with Crippen LogP contribution in [0, 0.1) is 6.92 Å². The van der Waals surface area contributed by atoms with Gasteiger partial charge in [0.05, 0.1) is 15.9 Å². The minimum absolute atomic E-state index is 0.0366. The molecule has 0 aliphatic carbocycles. The summed E-state index contributed by atoms with van der Waals surface area (Å²) in [6.07, 6.45) is 1.42. The second-order valence-corrected chi connectivity index (χ2v) is 7.87. The molecular formula is C20H21N5O2S. The smallest absolute Gasteiger partial charge is 0.257 e. The lowest BCUT2D eigenvalue weighted by atomic mass is 10.3. The van der Waals surface area contributed by atoms with Gasteiger partial charge in [-0.25, -0.2) is 4.98 Å². The summed E-state index contributed by atoms with van der Waals surface area (Å²) in [4.78, 5) is 18.9. The molecule has 0 radical (unpaired) electrons. The van der Waals surface area contributed by atoms with Gasteiger partial charge in [-0.15, -0.1) is 21.5 Å². The number of thiophene rings is 1. The van der Waals surface area contributed by atoms with Crippen LogP contribution in [0.15, 0.2) is 40.8 Å². The number of nitrogens with one attached hydrogen (secondary N) is 1. The van der Waals surface area contributed by atoms with E-state index in [1.54, 1.807) is 11.3 Å². The van der Waals surface area contributed by atoms with E-state index in [2.05, 4.69) is 25.1 Å². The number of hydrogen-bond donors (Lipinski definition) is 1. The minimum atomic E-state index is -0.0366. The van der Waals surface area contributed by atoms with E-state index in [1.807, 2.05) is 50.4 Å². The summed E-state index contributed by atoms with van der Waals surface area (Å²) in [6.45, 7) is 2.57. The number of carbonyl (C=O) groups excluding carboxylic acids is 1. The van der Waals surface area contributed by atoms with Crippen LogP contribution in [0.1, 0.15) is 23.0 Å². The van der Waals surface area contributed by atoms with Crippen LogP contribution >= 0.6 is 11.3 Å². The van der Waals surface area contributed by atoms with Crippen molar-refractivity contribution in [1.82, 2.24) is 25.1 Å². The maximum absolute atomic E-state index is 12.1. The Morgan fingerprint density at radius 1 is 1.18 bits per heavy atom. The number of fused-ring (bicyclic) bond motifs is 1. The largest absolute Gasteiger partial charge is 0.420 e. The standard InChI is InChI=1S/C20H21N5O2S/c1-13-7-8-16(28-13)20-24-23-19(27-20)10-9-18(26)21-12-11-17-22-14-5-3-4-6-15(14)25(17)2/h3-8H,9-12H2,1-2H3,(H,21,26). The molecule has 3 heterocycles. The number of para-hydroxylation sites is 2. The van der Waals surface area contributed by atoms with Crippen LogP contribution in [0.4, 0.5) is 0 Å². The van der Waals surface area contributed by atoms with Gasteiger partial charge >= 0.3 is 0 Å². The SMILES string of the molecule is Cc1ccc(-c2nnc(CCC(=O)NCCc3nc4ccccc4n3C)o2)s1. The fourth-order valence-corrected chi connectivity index (χ4v) is 3.83. The molecule has 7 nitrogen and oxygen atoms in total. The van der Waals surface area contributed by atoms with Gasteiger partial charge in [0, 0.05) is 37.7 Å². The average molecular weight is 395 g/mol. The Labute approximate surface area is 166 Å². The number of rotatable bonds is 7. The normalized spacial score (nSPS) is 11.2. The molecule has 3 aromatic heterocycles. The van der Waals surface area contributed by atoms with E-state index in [1.165, 1.54) is 4.88 Å². The van der Waals surface area contributed by atoms with Crippen molar-refractivity contribution in [3.8, 4) is 10.8 Å². The first kappa shape index (κ1) is 18.4. The van der Waals surface area contributed by atoms with Crippen molar-refractivity contribution in [2.24, 2.45) is 7.05 Å². The lowest BCUT2D eigenvalue weighted by Crippen LogP contribution is -2.26. The number of imidazole rings is 1. The third-order valence-electron chi connectivity index (χ3n) is 4.53. The summed E-state index contributed by atoms with van der Waals surface area (Å²) >= 11 is 1.61. The number of aryl methyl sites for hydroxylation is 3. The van der Waals surface area contributed by atoms with Crippen LogP contribution in [0.2, 0.25) is 0 Å². The molecule has 0 unspecified atom stereocenters. The van der Waals surface area contributed by atoms with Crippen LogP contribution in [-0.2, 0) is 24.7 Å². The number of hydrogen-bond acceptors (Lipinski definition) is 6. The van der Waals surface area contributed by atoms with Gasteiger partial charge in [-0.2, -0.15) is 0 Å². The van der Waals surface area contributed by atoms with Gasteiger partial charge in [-0.1, -0.05) is 12.1 Å². The maximum atomic E-state index is 12.1. The van der Waals surface area contributed by atoms with E-state index in [0.29, 0.717) is 37.6 Å². The Morgan fingerprint density at radius 2 is 2.04 bits per heavy atom. The van der Waals surface area contributed by atoms with E-state index in [9.17, 15) is 4.79 Å². The summed E-state index contributed by atoms with van der Waals surface area (Å²) in [6, 6.07) is 12.0. The van der Waals surface area contributed by atoms with E-state index in [-0.39, 0.29) is 5.91 Å². The Balaban J connectivity index is 1.26. The predicted molar refractivity (Wildman–Crippen MR) is 108 cm³/mol. The van der Waals surface area contributed by atoms with Crippen molar-refractivity contribution in [2.45, 2.75) is 26.2 Å². The van der Waals surface area contributed by atoms with Crippen LogP contribution in [-0.4, -0.2) is 32.2 Å². The third-order valence-corrected chi connectivity index (χ3v) is 5.52. The zero-order chi connectivity index (χ0) is 19.5. The van der Waals surface area contributed by atoms with Gasteiger partial charge in [-0.05, 0) is 31.2 Å². The molecule has 0 atom stereocenters. The molecule has 1 N–H and O–H groups in total. The maximum Gasteiger partial charge on any atom is 0.257 e. The van der Waals surface area contributed by atoms with Crippen LogP contribution in [0.3, 0.4) is 0 Å². The predicted octanol–water partition coefficient (Wildman–Crippen LogP) is 3.28. The second-order valence-electron chi connectivity index (χ2n) is 6.59. The molecule has 28 heavy (non-hydrogen) atoms. The van der Waals surface area contributed by atoms with Crippen LogP contribution in [0.25, 0.3) is 21.8 Å². The molecule has 0 saturated carbocycles. The van der Waals surface area contributed by atoms with Gasteiger partial charge in [0.1, 0.15) is 5.82 Å². The monoisotopic (exact) mass is 395 g/mol. The molecule has 8 heteroatoms. The van der Waals surface area contributed by atoms with Crippen molar-refractivity contribution in [1.29, 1.82) is 0 Å². The van der Waals surface area contributed by atoms with Crippen molar-refractivity contribution in [3.63, 3.8) is 0 Å². The van der Waals surface area contributed by atoms with Gasteiger partial charge in [0.15, 0.2) is 0 Å². The molecule has 0 aliphatic heterocycles. The number of amides is 1. The summed E-state index contributed by atoms with van der Waals surface area (Å²) in [7, 11) is 1.99. The highest BCUT2D eigenvalue weighted by Gasteiger charge is 2.12. The molecule has 0 aliphatic rings. The van der Waals surface area contributed by atoms with E-state index in [0.717, 1.165) is 21.7 Å². The molecule has 0 spiro atoms. The van der Waals surface area contributed by atoms with E-state index in [4.69, 9.17) is 4.42 Å². The van der Waals surface area contributed by atoms with Crippen LogP contribution in [0.5, 0.6) is 0 Å². The summed E-state index contributed by atoms with van der Waals surface area (Å²) in [5.74, 6) is 1.90. The number of aromatic nitrogens is 4.